The Balaban J connectivity index is 2.13. The van der Waals surface area contributed by atoms with Crippen LogP contribution in [0.1, 0.15) is 29.2 Å². The second-order valence-corrected chi connectivity index (χ2v) is 11.6. The molecule has 12 heteroatoms. The summed E-state index contributed by atoms with van der Waals surface area (Å²) in [6.45, 7) is 4.17. The largest absolute Gasteiger partial charge is 0.417 e. The van der Waals surface area contributed by atoms with Crippen molar-refractivity contribution in [2.24, 2.45) is 0 Å². The molecule has 0 saturated carbocycles. The minimum Gasteiger partial charge on any atom is -0.357 e. The van der Waals surface area contributed by atoms with Gasteiger partial charge in [0.05, 0.1) is 21.2 Å². The van der Waals surface area contributed by atoms with Gasteiger partial charge in [-0.25, -0.2) is 8.42 Å². The molecule has 0 aliphatic rings. The van der Waals surface area contributed by atoms with Crippen LogP contribution in [0.2, 0.25) is 5.02 Å². The maximum atomic E-state index is 13.8. The molecule has 3 aromatic rings. The van der Waals surface area contributed by atoms with Gasteiger partial charge in [-0.05, 0) is 56.7 Å². The van der Waals surface area contributed by atoms with E-state index in [1.54, 1.807) is 19.1 Å². The first-order valence-corrected chi connectivity index (χ1v) is 14.0. The van der Waals surface area contributed by atoms with Crippen molar-refractivity contribution in [3.05, 3.63) is 94.0 Å². The van der Waals surface area contributed by atoms with Crippen LogP contribution >= 0.6 is 11.6 Å². The second-order valence-electron chi connectivity index (χ2n) is 9.29. The van der Waals surface area contributed by atoms with Gasteiger partial charge in [0.1, 0.15) is 12.6 Å². The third-order valence-corrected chi connectivity index (χ3v) is 8.40. The van der Waals surface area contributed by atoms with Crippen molar-refractivity contribution >= 4 is 39.1 Å². The smallest absolute Gasteiger partial charge is 0.357 e. The van der Waals surface area contributed by atoms with E-state index in [1.165, 1.54) is 43.1 Å². The Labute approximate surface area is 236 Å². The number of nitrogens with zero attached hydrogens (tertiary/aromatic N) is 2. The zero-order valence-electron chi connectivity index (χ0n) is 22.3. The number of carbonyl (C=O) groups is 2. The van der Waals surface area contributed by atoms with E-state index >= 15 is 0 Å². The molecule has 40 heavy (non-hydrogen) atoms. The molecule has 0 aromatic heterocycles. The molecule has 0 saturated heterocycles. The average molecular weight is 596 g/mol. The lowest BCUT2D eigenvalue weighted by molar-refractivity contribution is -0.139. The Morgan fingerprint density at radius 1 is 0.975 bits per heavy atom. The number of alkyl halides is 3. The van der Waals surface area contributed by atoms with Gasteiger partial charge in [0, 0.05) is 13.6 Å². The first kappa shape index (κ1) is 31.0. The zero-order valence-corrected chi connectivity index (χ0v) is 23.9. The second kappa shape index (κ2) is 12.3. The van der Waals surface area contributed by atoms with Crippen LogP contribution in [0, 0.1) is 13.8 Å². The van der Waals surface area contributed by atoms with Gasteiger partial charge in [0.2, 0.25) is 11.8 Å². The number of nitrogens with one attached hydrogen (secondary N) is 1. The highest BCUT2D eigenvalue weighted by Gasteiger charge is 2.36. The summed E-state index contributed by atoms with van der Waals surface area (Å²) in [5, 5.41) is 1.85. The molecule has 0 aliphatic carbocycles. The van der Waals surface area contributed by atoms with Crippen LogP contribution in [0.25, 0.3) is 0 Å². The molecule has 0 spiro atoms. The maximum Gasteiger partial charge on any atom is 0.417 e. The van der Waals surface area contributed by atoms with Gasteiger partial charge in [-0.15, -0.1) is 0 Å². The lowest BCUT2D eigenvalue weighted by Crippen LogP contribution is -2.50. The summed E-state index contributed by atoms with van der Waals surface area (Å²) in [7, 11) is -3.13. The van der Waals surface area contributed by atoms with Gasteiger partial charge < -0.3 is 10.2 Å². The van der Waals surface area contributed by atoms with Crippen molar-refractivity contribution in [3.8, 4) is 0 Å². The summed E-state index contributed by atoms with van der Waals surface area (Å²) in [6, 6.07) is 14.5. The molecule has 1 atom stereocenters. The van der Waals surface area contributed by atoms with Crippen LogP contribution < -0.4 is 9.62 Å². The highest BCUT2D eigenvalue weighted by Crippen LogP contribution is 2.38. The summed E-state index contributed by atoms with van der Waals surface area (Å²) in [5.41, 5.74) is 0.688. The van der Waals surface area contributed by atoms with E-state index in [9.17, 15) is 31.2 Å². The predicted octanol–water partition coefficient (Wildman–Crippen LogP) is 5.33. The topological polar surface area (TPSA) is 86.8 Å². The third kappa shape index (κ3) is 7.14. The molecule has 2 amide bonds. The molecule has 0 fully saturated rings. The van der Waals surface area contributed by atoms with E-state index in [4.69, 9.17) is 11.6 Å². The number of amides is 2. The zero-order chi connectivity index (χ0) is 29.8. The Hall–Kier alpha value is -3.57. The van der Waals surface area contributed by atoms with Crippen LogP contribution in [0.3, 0.4) is 0 Å². The number of sulfonamides is 1. The van der Waals surface area contributed by atoms with Gasteiger partial charge in [-0.2, -0.15) is 13.2 Å². The molecule has 3 aromatic carbocycles. The van der Waals surface area contributed by atoms with Crippen LogP contribution in [-0.2, 0) is 32.3 Å². The molecule has 0 unspecified atom stereocenters. The van der Waals surface area contributed by atoms with Crippen molar-refractivity contribution in [1.29, 1.82) is 0 Å². The quantitative estimate of drug-likeness (QED) is 0.362. The number of benzene rings is 3. The number of aryl methyl sites for hydroxylation is 2. The number of rotatable bonds is 9. The Kier molecular flexibility index (Phi) is 9.52. The van der Waals surface area contributed by atoms with Gasteiger partial charge >= 0.3 is 6.18 Å². The molecular weight excluding hydrogens is 567 g/mol. The van der Waals surface area contributed by atoms with Gasteiger partial charge in [-0.1, -0.05) is 59.1 Å². The van der Waals surface area contributed by atoms with Crippen LogP contribution in [0.5, 0.6) is 0 Å². The fourth-order valence-electron chi connectivity index (χ4n) is 4.05. The first-order chi connectivity index (χ1) is 18.6. The number of hydrogen-bond donors (Lipinski definition) is 1. The molecule has 0 aliphatic heterocycles. The van der Waals surface area contributed by atoms with Crippen molar-refractivity contribution in [2.45, 2.75) is 44.4 Å². The van der Waals surface area contributed by atoms with Gasteiger partial charge in [0.15, 0.2) is 0 Å². The number of likely N-dealkylation sites (N-methyl/N-ethyl adjacent to an activating group) is 1. The minimum absolute atomic E-state index is 0.0397. The van der Waals surface area contributed by atoms with Gasteiger partial charge in [-0.3, -0.25) is 13.9 Å². The SMILES string of the molecule is CNC(=O)[C@@H](C)N(Cc1cccc(C)c1)C(=O)CN(c1ccc(Cl)c(C(F)(F)F)c1)S(=O)(=O)c1ccc(C)cc1. The molecule has 0 bridgehead atoms. The van der Waals surface area contributed by atoms with E-state index in [1.807, 2.05) is 19.1 Å². The molecule has 7 nitrogen and oxygen atoms in total. The molecular formula is C28H29ClF3N3O4S. The van der Waals surface area contributed by atoms with E-state index in [0.717, 1.165) is 23.3 Å². The lowest BCUT2D eigenvalue weighted by atomic mass is 10.1. The molecule has 1 N–H and O–H groups in total. The maximum absolute atomic E-state index is 13.8. The summed E-state index contributed by atoms with van der Waals surface area (Å²) < 4.78 is 69.2. The monoisotopic (exact) mass is 595 g/mol. The highest BCUT2D eigenvalue weighted by atomic mass is 35.5. The Bertz CT molecular complexity index is 1500. The first-order valence-electron chi connectivity index (χ1n) is 12.2. The van der Waals surface area contributed by atoms with Gasteiger partial charge in [0.25, 0.3) is 10.0 Å². The van der Waals surface area contributed by atoms with E-state index in [0.29, 0.717) is 15.9 Å². The molecule has 3 rings (SSSR count). The Morgan fingerprint density at radius 2 is 1.62 bits per heavy atom. The molecule has 214 valence electrons. The fraction of sp³-hybridized carbons (Fsp3) is 0.286. The summed E-state index contributed by atoms with van der Waals surface area (Å²) >= 11 is 5.78. The third-order valence-electron chi connectivity index (χ3n) is 6.28. The minimum atomic E-state index is -4.87. The summed E-state index contributed by atoms with van der Waals surface area (Å²) in [6.07, 6.45) is -4.87. The van der Waals surface area contributed by atoms with E-state index < -0.39 is 56.9 Å². The standard InChI is InChI=1S/C28H29ClF3N3O4S/c1-18-8-11-23(12-9-18)40(38,39)35(22-10-13-25(29)24(15-22)28(30,31)32)17-26(36)34(20(3)27(37)33-4)16-21-7-5-6-19(2)14-21/h5-15,20H,16-17H2,1-4H3,(H,33,37)/t20-/m1/s1. The average Bonchev–Trinajstić information content (AvgIpc) is 2.89. The van der Waals surface area contributed by atoms with E-state index in [-0.39, 0.29) is 11.4 Å². The van der Waals surface area contributed by atoms with Crippen molar-refractivity contribution in [1.82, 2.24) is 10.2 Å². The summed E-state index contributed by atoms with van der Waals surface area (Å²) in [5.74, 6) is -1.29. The van der Waals surface area contributed by atoms with Crippen LogP contribution in [0.15, 0.2) is 71.6 Å². The fourth-order valence-corrected chi connectivity index (χ4v) is 5.68. The molecule has 0 radical (unpaired) electrons. The Morgan fingerprint density at radius 3 is 2.20 bits per heavy atom. The number of halogens is 4. The summed E-state index contributed by atoms with van der Waals surface area (Å²) in [4.78, 5) is 27.3. The number of anilines is 1. The van der Waals surface area contributed by atoms with Crippen LogP contribution in [-0.4, -0.2) is 44.8 Å². The lowest BCUT2D eigenvalue weighted by Gasteiger charge is -2.32. The number of carbonyl (C=O) groups excluding carboxylic acids is 2. The number of hydrogen-bond acceptors (Lipinski definition) is 4. The van der Waals surface area contributed by atoms with Crippen molar-refractivity contribution in [3.63, 3.8) is 0 Å². The highest BCUT2D eigenvalue weighted by molar-refractivity contribution is 7.92. The van der Waals surface area contributed by atoms with Crippen molar-refractivity contribution in [2.75, 3.05) is 17.9 Å². The van der Waals surface area contributed by atoms with Crippen molar-refractivity contribution < 1.29 is 31.2 Å². The normalized spacial score (nSPS) is 12.5. The molecule has 0 heterocycles. The van der Waals surface area contributed by atoms with Crippen LogP contribution in [0.4, 0.5) is 18.9 Å². The predicted molar refractivity (Wildman–Crippen MR) is 147 cm³/mol. The van der Waals surface area contributed by atoms with E-state index in [2.05, 4.69) is 5.32 Å².